The fraction of sp³-hybridized carbons (Fsp3) is 0.400. The number of allylic oxidation sites excluding steroid dienone is 1. The molecule has 0 radical (unpaired) electrons. The van der Waals surface area contributed by atoms with Crippen molar-refractivity contribution in [3.63, 3.8) is 0 Å². The van der Waals surface area contributed by atoms with E-state index < -0.39 is 0 Å². The molecule has 3 heterocycles. The summed E-state index contributed by atoms with van der Waals surface area (Å²) in [5.41, 5.74) is 4.82. The highest BCUT2D eigenvalue weighted by Crippen LogP contribution is 2.31. The van der Waals surface area contributed by atoms with Gasteiger partial charge in [-0.25, -0.2) is 9.78 Å². The standard InChI is InChI=1S/C25H29ClN4O2S/c1-16(2)15-32-25(31)29-11-5-6-21(29)18(4)27-14-17(3)19-7-9-20(10-8-19)22-23(26)30-12-13-33-24(30)28-22/h7-10,12-14,16,21H,5-6,11,15H2,1-4H3/b17-14+,27-18?. The summed E-state index contributed by atoms with van der Waals surface area (Å²) in [4.78, 5) is 24.5. The molecule has 1 saturated heterocycles. The molecule has 2 aromatic heterocycles. The highest BCUT2D eigenvalue weighted by Gasteiger charge is 2.31. The number of thiazole rings is 1. The highest BCUT2D eigenvalue weighted by molar-refractivity contribution is 7.15. The van der Waals surface area contributed by atoms with Crippen LogP contribution < -0.4 is 0 Å². The first kappa shape index (κ1) is 23.5. The van der Waals surface area contributed by atoms with Crippen molar-refractivity contribution < 1.29 is 9.53 Å². The van der Waals surface area contributed by atoms with Gasteiger partial charge in [-0.15, -0.1) is 11.3 Å². The zero-order chi connectivity index (χ0) is 23.5. The van der Waals surface area contributed by atoms with E-state index in [-0.39, 0.29) is 12.1 Å². The molecule has 0 N–H and O–H groups in total. The van der Waals surface area contributed by atoms with Crippen LogP contribution in [0.2, 0.25) is 5.15 Å². The predicted octanol–water partition coefficient (Wildman–Crippen LogP) is 6.79. The van der Waals surface area contributed by atoms with Gasteiger partial charge in [0.2, 0.25) is 0 Å². The van der Waals surface area contributed by atoms with E-state index in [1.54, 1.807) is 16.2 Å². The minimum absolute atomic E-state index is 0.00647. The molecular formula is C25H29ClN4O2S. The second-order valence-corrected chi connectivity index (χ2v) is 10.0. The third-order valence-corrected chi connectivity index (χ3v) is 6.91. The number of aromatic nitrogens is 2. The van der Waals surface area contributed by atoms with Crippen LogP contribution in [-0.2, 0) is 4.74 Å². The Hall–Kier alpha value is -2.64. The van der Waals surface area contributed by atoms with Gasteiger partial charge < -0.3 is 4.74 Å². The number of carbonyl (C=O) groups is 1. The van der Waals surface area contributed by atoms with Crippen LogP contribution in [0.1, 0.15) is 46.1 Å². The van der Waals surface area contributed by atoms with Crippen molar-refractivity contribution in [1.82, 2.24) is 14.3 Å². The van der Waals surface area contributed by atoms with Crippen LogP contribution in [0.25, 0.3) is 21.8 Å². The summed E-state index contributed by atoms with van der Waals surface area (Å²) >= 11 is 8.05. The molecule has 0 spiro atoms. The van der Waals surface area contributed by atoms with Gasteiger partial charge in [0.1, 0.15) is 10.8 Å². The van der Waals surface area contributed by atoms with E-state index in [1.807, 2.05) is 62.0 Å². The number of aliphatic imine (C=N–C) groups is 1. The Morgan fingerprint density at radius 2 is 2.09 bits per heavy atom. The lowest BCUT2D eigenvalue weighted by molar-refractivity contribution is 0.0948. The predicted molar refractivity (Wildman–Crippen MR) is 136 cm³/mol. The maximum Gasteiger partial charge on any atom is 0.410 e. The van der Waals surface area contributed by atoms with Crippen molar-refractivity contribution in [2.24, 2.45) is 10.9 Å². The van der Waals surface area contributed by atoms with Gasteiger partial charge in [0.05, 0.1) is 12.6 Å². The smallest absolute Gasteiger partial charge is 0.410 e. The van der Waals surface area contributed by atoms with E-state index in [0.717, 1.165) is 45.9 Å². The first-order chi connectivity index (χ1) is 15.8. The summed E-state index contributed by atoms with van der Waals surface area (Å²) in [5, 5.41) is 2.59. The monoisotopic (exact) mass is 484 g/mol. The second kappa shape index (κ2) is 10.1. The summed E-state index contributed by atoms with van der Waals surface area (Å²) in [6, 6.07) is 8.17. The average Bonchev–Trinajstić information content (AvgIpc) is 3.54. The van der Waals surface area contributed by atoms with Gasteiger partial charge >= 0.3 is 6.09 Å². The molecular weight excluding hydrogens is 456 g/mol. The molecule has 1 aliphatic heterocycles. The molecule has 1 unspecified atom stereocenters. The maximum atomic E-state index is 12.5. The number of ether oxygens (including phenoxy) is 1. The number of fused-ring (bicyclic) bond motifs is 1. The molecule has 4 rings (SSSR count). The minimum atomic E-state index is -0.241. The zero-order valence-electron chi connectivity index (χ0n) is 19.4. The van der Waals surface area contributed by atoms with Crippen molar-refractivity contribution in [3.8, 4) is 11.3 Å². The molecule has 0 saturated carbocycles. The molecule has 174 valence electrons. The lowest BCUT2D eigenvalue weighted by Crippen LogP contribution is -2.40. The Morgan fingerprint density at radius 1 is 1.33 bits per heavy atom. The van der Waals surface area contributed by atoms with Crippen LogP contribution >= 0.6 is 22.9 Å². The minimum Gasteiger partial charge on any atom is -0.449 e. The van der Waals surface area contributed by atoms with E-state index in [1.165, 1.54) is 0 Å². The van der Waals surface area contributed by atoms with Crippen LogP contribution in [0.4, 0.5) is 4.79 Å². The Morgan fingerprint density at radius 3 is 2.79 bits per heavy atom. The number of amides is 1. The van der Waals surface area contributed by atoms with Crippen molar-refractivity contribution in [1.29, 1.82) is 0 Å². The number of hydrogen-bond donors (Lipinski definition) is 0. The number of likely N-dealkylation sites (tertiary alicyclic amines) is 1. The Kier molecular flexibility index (Phi) is 7.20. The summed E-state index contributed by atoms with van der Waals surface area (Å²) in [6.07, 6.45) is 5.44. The molecule has 3 aromatic rings. The van der Waals surface area contributed by atoms with Gasteiger partial charge in [0, 0.05) is 35.6 Å². The molecule has 6 nitrogen and oxygen atoms in total. The fourth-order valence-electron chi connectivity index (χ4n) is 3.93. The lowest BCUT2D eigenvalue weighted by atomic mass is 10.0. The third kappa shape index (κ3) is 5.14. The first-order valence-electron chi connectivity index (χ1n) is 11.2. The largest absolute Gasteiger partial charge is 0.449 e. The van der Waals surface area contributed by atoms with Crippen molar-refractivity contribution in [3.05, 3.63) is 52.8 Å². The Balaban J connectivity index is 1.46. The number of halogens is 1. The fourth-order valence-corrected chi connectivity index (χ4v) is 4.98. The van der Waals surface area contributed by atoms with Gasteiger partial charge in [-0.3, -0.25) is 14.3 Å². The number of rotatable bonds is 6. The lowest BCUT2D eigenvalue weighted by Gasteiger charge is -2.24. The van der Waals surface area contributed by atoms with Gasteiger partial charge in [-0.2, -0.15) is 0 Å². The van der Waals surface area contributed by atoms with E-state index >= 15 is 0 Å². The number of benzene rings is 1. The summed E-state index contributed by atoms with van der Waals surface area (Å²) < 4.78 is 7.33. The van der Waals surface area contributed by atoms with Crippen LogP contribution in [0.5, 0.6) is 0 Å². The normalized spacial score (nSPS) is 17.4. The number of carbonyl (C=O) groups excluding carboxylic acids is 1. The molecule has 1 aromatic carbocycles. The van der Waals surface area contributed by atoms with Crippen molar-refractivity contribution >= 4 is 45.3 Å². The third-order valence-electron chi connectivity index (χ3n) is 5.79. The number of imidazole rings is 1. The summed E-state index contributed by atoms with van der Waals surface area (Å²) in [6.45, 7) is 9.25. The number of nitrogens with zero attached hydrogens (tertiary/aromatic N) is 4. The summed E-state index contributed by atoms with van der Waals surface area (Å²) in [5.74, 6) is 0.322. The van der Waals surface area contributed by atoms with Gasteiger partial charge in [-0.05, 0) is 43.7 Å². The molecule has 1 aliphatic rings. The number of hydrogen-bond acceptors (Lipinski definition) is 5. The van der Waals surface area contributed by atoms with Crippen molar-refractivity contribution in [2.75, 3.05) is 13.2 Å². The van der Waals surface area contributed by atoms with Gasteiger partial charge in [0.25, 0.3) is 0 Å². The highest BCUT2D eigenvalue weighted by atomic mass is 35.5. The van der Waals surface area contributed by atoms with Crippen LogP contribution in [0.3, 0.4) is 0 Å². The second-order valence-electron chi connectivity index (χ2n) is 8.79. The molecule has 8 heteroatoms. The van der Waals surface area contributed by atoms with E-state index in [0.29, 0.717) is 24.2 Å². The van der Waals surface area contributed by atoms with E-state index in [9.17, 15) is 4.79 Å². The Labute approximate surface area is 203 Å². The van der Waals surface area contributed by atoms with Crippen LogP contribution in [0.15, 0.2) is 47.0 Å². The maximum absolute atomic E-state index is 12.5. The van der Waals surface area contributed by atoms with Crippen molar-refractivity contribution in [2.45, 2.75) is 46.6 Å². The van der Waals surface area contributed by atoms with Crippen LogP contribution in [-0.4, -0.2) is 45.3 Å². The summed E-state index contributed by atoms with van der Waals surface area (Å²) in [7, 11) is 0. The van der Waals surface area contributed by atoms with Gasteiger partial charge in [-0.1, -0.05) is 49.7 Å². The molecule has 1 fully saturated rings. The molecule has 0 aliphatic carbocycles. The molecule has 1 amide bonds. The molecule has 1 atom stereocenters. The Bertz CT molecular complexity index is 1190. The van der Waals surface area contributed by atoms with E-state index in [4.69, 9.17) is 21.3 Å². The first-order valence-corrected chi connectivity index (χ1v) is 12.5. The molecule has 0 bridgehead atoms. The topological polar surface area (TPSA) is 59.2 Å². The van der Waals surface area contributed by atoms with E-state index in [2.05, 4.69) is 17.1 Å². The molecule has 33 heavy (non-hydrogen) atoms. The SMILES string of the molecule is CC(=N/C=C(\C)c1ccc(-c2nc3sccn3c2Cl)cc1)C1CCCN1C(=O)OCC(C)C. The van der Waals surface area contributed by atoms with Crippen LogP contribution in [0, 0.1) is 5.92 Å². The zero-order valence-corrected chi connectivity index (χ0v) is 21.0. The average molecular weight is 485 g/mol. The quantitative estimate of drug-likeness (QED) is 0.361. The van der Waals surface area contributed by atoms with Gasteiger partial charge in [0.15, 0.2) is 4.96 Å².